The Balaban J connectivity index is 2.47. The van der Waals surface area contributed by atoms with Gasteiger partial charge in [0, 0.05) is 0 Å². The second-order valence-electron chi connectivity index (χ2n) is 5.72. The fourth-order valence-electron chi connectivity index (χ4n) is 2.25. The summed E-state index contributed by atoms with van der Waals surface area (Å²) in [6.07, 6.45) is 4.68. The van der Waals surface area contributed by atoms with Crippen molar-refractivity contribution in [2.24, 2.45) is 11.3 Å². The Labute approximate surface area is 76.2 Å². The van der Waals surface area contributed by atoms with E-state index in [-0.39, 0.29) is 5.41 Å². The lowest BCUT2D eigenvalue weighted by atomic mass is 9.68. The van der Waals surface area contributed by atoms with Gasteiger partial charge in [-0.2, -0.15) is 0 Å². The van der Waals surface area contributed by atoms with Crippen LogP contribution >= 0.6 is 0 Å². The van der Waals surface area contributed by atoms with Crippen LogP contribution in [0.3, 0.4) is 0 Å². The first-order valence-electron chi connectivity index (χ1n) is 5.04. The lowest BCUT2D eigenvalue weighted by Crippen LogP contribution is -2.41. The molecule has 0 heterocycles. The molecular weight excluding hydrogens is 148 g/mol. The molecule has 1 atom stereocenters. The van der Waals surface area contributed by atoms with Gasteiger partial charge in [0.25, 0.3) is 0 Å². The third-order valence-corrected chi connectivity index (χ3v) is 2.87. The Morgan fingerprint density at radius 2 is 1.67 bits per heavy atom. The summed E-state index contributed by atoms with van der Waals surface area (Å²) in [5.41, 5.74) is -0.171. The molecule has 0 spiro atoms. The summed E-state index contributed by atoms with van der Waals surface area (Å²) in [6.45, 7) is 8.59. The van der Waals surface area contributed by atoms with E-state index in [0.717, 1.165) is 6.42 Å². The molecular formula is C11H22O. The van der Waals surface area contributed by atoms with Crippen molar-refractivity contribution in [2.75, 3.05) is 0 Å². The minimum Gasteiger partial charge on any atom is -0.390 e. The van der Waals surface area contributed by atoms with Crippen LogP contribution in [0.2, 0.25) is 0 Å². The zero-order chi connectivity index (χ0) is 9.41. The molecule has 0 aliphatic heterocycles. The number of rotatable bonds is 2. The quantitative estimate of drug-likeness (QED) is 0.675. The van der Waals surface area contributed by atoms with Crippen molar-refractivity contribution in [3.63, 3.8) is 0 Å². The van der Waals surface area contributed by atoms with E-state index in [1.54, 1.807) is 0 Å². The minimum atomic E-state index is -0.420. The fraction of sp³-hybridized carbons (Fsp3) is 1.00. The van der Waals surface area contributed by atoms with Crippen LogP contribution in [0.5, 0.6) is 0 Å². The molecule has 0 bridgehead atoms. The lowest BCUT2D eigenvalue weighted by molar-refractivity contribution is -0.0619. The molecule has 0 aromatic heterocycles. The van der Waals surface area contributed by atoms with E-state index < -0.39 is 5.60 Å². The Morgan fingerprint density at radius 1 is 1.17 bits per heavy atom. The first kappa shape index (κ1) is 10.0. The second kappa shape index (κ2) is 3.02. The molecule has 0 radical (unpaired) electrons. The maximum atomic E-state index is 10.2. The standard InChI is InChI=1S/C11H22O/c1-10(2,3)8-11(4,12)9-6-5-7-9/h9,12H,5-8H2,1-4H3. The van der Waals surface area contributed by atoms with Gasteiger partial charge in [-0.15, -0.1) is 0 Å². The molecule has 1 heteroatoms. The van der Waals surface area contributed by atoms with Crippen LogP contribution in [-0.4, -0.2) is 10.7 Å². The zero-order valence-corrected chi connectivity index (χ0v) is 8.85. The molecule has 1 aliphatic carbocycles. The average Bonchev–Trinajstić information content (AvgIpc) is 1.45. The molecule has 1 N–H and O–H groups in total. The van der Waals surface area contributed by atoms with Crippen LogP contribution < -0.4 is 0 Å². The van der Waals surface area contributed by atoms with Crippen molar-refractivity contribution >= 4 is 0 Å². The van der Waals surface area contributed by atoms with E-state index in [1.165, 1.54) is 19.3 Å². The van der Waals surface area contributed by atoms with Gasteiger partial charge in [0.15, 0.2) is 0 Å². The van der Waals surface area contributed by atoms with E-state index in [1.807, 2.05) is 6.92 Å². The van der Waals surface area contributed by atoms with Gasteiger partial charge in [-0.3, -0.25) is 0 Å². The Bertz CT molecular complexity index is 149. The molecule has 0 aromatic carbocycles. The van der Waals surface area contributed by atoms with Crippen molar-refractivity contribution in [1.82, 2.24) is 0 Å². The third-order valence-electron chi connectivity index (χ3n) is 2.87. The Morgan fingerprint density at radius 3 is 1.92 bits per heavy atom. The summed E-state index contributed by atoms with van der Waals surface area (Å²) < 4.78 is 0. The first-order valence-corrected chi connectivity index (χ1v) is 5.04. The predicted octanol–water partition coefficient (Wildman–Crippen LogP) is 2.97. The normalized spacial score (nSPS) is 24.8. The SMILES string of the molecule is CC(C)(C)CC(C)(O)C1CCC1. The van der Waals surface area contributed by atoms with Gasteiger partial charge in [0.1, 0.15) is 0 Å². The van der Waals surface area contributed by atoms with Gasteiger partial charge in [0.05, 0.1) is 5.60 Å². The molecule has 1 fully saturated rings. The smallest absolute Gasteiger partial charge is 0.0652 e. The summed E-state index contributed by atoms with van der Waals surface area (Å²) >= 11 is 0. The van der Waals surface area contributed by atoms with Gasteiger partial charge >= 0.3 is 0 Å². The van der Waals surface area contributed by atoms with Crippen molar-refractivity contribution < 1.29 is 5.11 Å². The molecule has 1 aliphatic rings. The molecule has 12 heavy (non-hydrogen) atoms. The Kier molecular flexibility index (Phi) is 2.53. The van der Waals surface area contributed by atoms with Gasteiger partial charge in [-0.05, 0) is 37.5 Å². The van der Waals surface area contributed by atoms with Crippen LogP contribution in [0.25, 0.3) is 0 Å². The molecule has 0 aromatic rings. The van der Waals surface area contributed by atoms with E-state index >= 15 is 0 Å². The molecule has 0 amide bonds. The van der Waals surface area contributed by atoms with Crippen LogP contribution in [-0.2, 0) is 0 Å². The summed E-state index contributed by atoms with van der Waals surface area (Å²) in [6, 6.07) is 0. The van der Waals surface area contributed by atoms with Crippen LogP contribution in [0, 0.1) is 11.3 Å². The van der Waals surface area contributed by atoms with E-state index in [2.05, 4.69) is 20.8 Å². The van der Waals surface area contributed by atoms with Crippen molar-refractivity contribution in [3.8, 4) is 0 Å². The van der Waals surface area contributed by atoms with Gasteiger partial charge in [-0.1, -0.05) is 27.2 Å². The maximum absolute atomic E-state index is 10.2. The third kappa shape index (κ3) is 2.48. The van der Waals surface area contributed by atoms with Crippen molar-refractivity contribution in [2.45, 2.75) is 59.0 Å². The molecule has 1 unspecified atom stereocenters. The molecule has 0 saturated heterocycles. The number of aliphatic hydroxyl groups is 1. The molecule has 72 valence electrons. The topological polar surface area (TPSA) is 20.2 Å². The highest BCUT2D eigenvalue weighted by molar-refractivity contribution is 4.90. The van der Waals surface area contributed by atoms with Crippen molar-refractivity contribution in [3.05, 3.63) is 0 Å². The molecule has 1 rings (SSSR count). The first-order chi connectivity index (χ1) is 5.31. The maximum Gasteiger partial charge on any atom is 0.0652 e. The van der Waals surface area contributed by atoms with E-state index in [4.69, 9.17) is 0 Å². The summed E-state index contributed by atoms with van der Waals surface area (Å²) in [7, 11) is 0. The lowest BCUT2D eigenvalue weighted by Gasteiger charge is -2.42. The monoisotopic (exact) mass is 170 g/mol. The molecule has 1 nitrogen and oxygen atoms in total. The summed E-state index contributed by atoms with van der Waals surface area (Å²) in [4.78, 5) is 0. The van der Waals surface area contributed by atoms with Crippen LogP contribution in [0.15, 0.2) is 0 Å². The summed E-state index contributed by atoms with van der Waals surface area (Å²) in [5.74, 6) is 0.566. The van der Waals surface area contributed by atoms with Gasteiger partial charge < -0.3 is 5.11 Å². The second-order valence-corrected chi connectivity index (χ2v) is 5.72. The van der Waals surface area contributed by atoms with Crippen LogP contribution in [0.4, 0.5) is 0 Å². The predicted molar refractivity (Wildman–Crippen MR) is 52.0 cm³/mol. The highest BCUT2D eigenvalue weighted by Gasteiger charge is 2.38. The van der Waals surface area contributed by atoms with E-state index in [0.29, 0.717) is 5.92 Å². The largest absolute Gasteiger partial charge is 0.390 e. The van der Waals surface area contributed by atoms with Gasteiger partial charge in [-0.25, -0.2) is 0 Å². The number of hydrogen-bond donors (Lipinski definition) is 1. The highest BCUT2D eigenvalue weighted by Crippen LogP contribution is 2.41. The average molecular weight is 170 g/mol. The van der Waals surface area contributed by atoms with Crippen LogP contribution in [0.1, 0.15) is 53.4 Å². The Hall–Kier alpha value is -0.0400. The highest BCUT2D eigenvalue weighted by atomic mass is 16.3. The number of hydrogen-bond acceptors (Lipinski definition) is 1. The summed E-state index contributed by atoms with van der Waals surface area (Å²) in [5, 5.41) is 10.2. The van der Waals surface area contributed by atoms with E-state index in [9.17, 15) is 5.11 Å². The van der Waals surface area contributed by atoms with Gasteiger partial charge in [0.2, 0.25) is 0 Å². The zero-order valence-electron chi connectivity index (χ0n) is 8.85. The van der Waals surface area contributed by atoms with Crippen molar-refractivity contribution in [1.29, 1.82) is 0 Å². The fourth-order valence-corrected chi connectivity index (χ4v) is 2.25. The molecule has 1 saturated carbocycles. The minimum absolute atomic E-state index is 0.249.